The summed E-state index contributed by atoms with van der Waals surface area (Å²) in [5.74, 6) is -0.265. The van der Waals surface area contributed by atoms with Crippen molar-refractivity contribution in [1.82, 2.24) is 0 Å². The monoisotopic (exact) mass is 502 g/mol. The lowest BCUT2D eigenvalue weighted by molar-refractivity contribution is -0.111. The number of benzene rings is 2. The highest BCUT2D eigenvalue weighted by atomic mass is 16.5. The molecule has 0 bridgehead atoms. The predicted molar refractivity (Wildman–Crippen MR) is 149 cm³/mol. The number of hydrogen-bond acceptors (Lipinski definition) is 4. The molecule has 0 fully saturated rings. The van der Waals surface area contributed by atoms with Gasteiger partial charge in [0, 0.05) is 17.2 Å². The molecular formula is C33H42O4. The van der Waals surface area contributed by atoms with Crippen molar-refractivity contribution in [2.24, 2.45) is 0 Å². The van der Waals surface area contributed by atoms with E-state index in [1.54, 1.807) is 0 Å². The molecule has 1 N–H and O–H groups in total. The van der Waals surface area contributed by atoms with Gasteiger partial charge in [0.05, 0.1) is 0 Å². The molecule has 4 rings (SSSR count). The van der Waals surface area contributed by atoms with E-state index in [0.717, 1.165) is 35.1 Å². The third-order valence-corrected chi connectivity index (χ3v) is 8.17. The van der Waals surface area contributed by atoms with Crippen molar-refractivity contribution in [2.75, 3.05) is 0 Å². The number of ketones is 2. The Balaban J connectivity index is 1.78. The SMILES string of the molecule is CC(C)(C)c1cc(COC2=CC(=O)C(=O)c3cc4c(cc32)C(C)(C)CCC4(C)C)cc(C(C)(C)C)c1O. The molecule has 0 heterocycles. The molecule has 2 aliphatic carbocycles. The number of hydrogen-bond donors (Lipinski definition) is 1. The minimum atomic E-state index is -0.549. The normalized spacial score (nSPS) is 18.7. The van der Waals surface area contributed by atoms with Gasteiger partial charge in [-0.1, -0.05) is 69.2 Å². The summed E-state index contributed by atoms with van der Waals surface area (Å²) in [4.78, 5) is 25.7. The molecule has 0 spiro atoms. The van der Waals surface area contributed by atoms with Gasteiger partial charge in [0.1, 0.15) is 18.1 Å². The molecule has 2 aromatic carbocycles. The molecule has 0 amide bonds. The van der Waals surface area contributed by atoms with Gasteiger partial charge in [-0.3, -0.25) is 9.59 Å². The molecule has 0 saturated heterocycles. The summed E-state index contributed by atoms with van der Waals surface area (Å²) < 4.78 is 6.31. The summed E-state index contributed by atoms with van der Waals surface area (Å²) in [7, 11) is 0. The first-order chi connectivity index (χ1) is 16.8. The summed E-state index contributed by atoms with van der Waals surface area (Å²) in [6.07, 6.45) is 3.42. The van der Waals surface area contributed by atoms with Gasteiger partial charge in [0.2, 0.25) is 11.6 Å². The van der Waals surface area contributed by atoms with Crippen molar-refractivity contribution >= 4 is 17.3 Å². The second-order valence-corrected chi connectivity index (χ2v) is 14.2. The summed E-state index contributed by atoms with van der Waals surface area (Å²) in [5, 5.41) is 11.1. The van der Waals surface area contributed by atoms with E-state index in [0.29, 0.717) is 22.6 Å². The minimum Gasteiger partial charge on any atom is -0.507 e. The Hall–Kier alpha value is -2.88. The molecule has 0 aliphatic heterocycles. The van der Waals surface area contributed by atoms with E-state index < -0.39 is 11.6 Å². The van der Waals surface area contributed by atoms with Crippen molar-refractivity contribution in [3.05, 3.63) is 69.3 Å². The largest absolute Gasteiger partial charge is 0.507 e. The quantitative estimate of drug-likeness (QED) is 0.438. The molecule has 0 unspecified atom stereocenters. The van der Waals surface area contributed by atoms with Gasteiger partial charge in [0.25, 0.3) is 0 Å². The van der Waals surface area contributed by atoms with Crippen LogP contribution in [0.1, 0.15) is 126 Å². The van der Waals surface area contributed by atoms with Gasteiger partial charge >= 0.3 is 0 Å². The number of Topliss-reactive ketones (excluding diaryl/α,β-unsaturated/α-hetero) is 1. The average molecular weight is 503 g/mol. The second-order valence-electron chi connectivity index (χ2n) is 14.2. The number of aromatic hydroxyl groups is 1. The van der Waals surface area contributed by atoms with Gasteiger partial charge in [-0.15, -0.1) is 0 Å². The summed E-state index contributed by atoms with van der Waals surface area (Å²) in [6, 6.07) is 8.00. The fourth-order valence-corrected chi connectivity index (χ4v) is 5.60. The van der Waals surface area contributed by atoms with Crippen LogP contribution in [-0.2, 0) is 37.8 Å². The Kier molecular flexibility index (Phi) is 6.30. The molecular weight excluding hydrogens is 460 g/mol. The number of phenolic OH excluding ortho intramolecular Hbond substituents is 1. The Labute approximate surface area is 222 Å². The lowest BCUT2D eigenvalue weighted by atomic mass is 9.62. The maximum Gasteiger partial charge on any atom is 0.233 e. The van der Waals surface area contributed by atoms with E-state index in [9.17, 15) is 14.7 Å². The van der Waals surface area contributed by atoms with E-state index in [1.807, 2.05) is 18.2 Å². The molecule has 2 aromatic rings. The number of rotatable bonds is 3. The van der Waals surface area contributed by atoms with Crippen molar-refractivity contribution < 1.29 is 19.4 Å². The second kappa shape index (κ2) is 8.58. The fraction of sp³-hybridized carbons (Fsp3) is 0.515. The molecule has 4 nitrogen and oxygen atoms in total. The van der Waals surface area contributed by atoms with E-state index >= 15 is 0 Å². The molecule has 2 aliphatic rings. The highest BCUT2D eigenvalue weighted by Gasteiger charge is 2.40. The van der Waals surface area contributed by atoms with E-state index in [-0.39, 0.29) is 28.3 Å². The standard InChI is InChI=1S/C33H42O4/c1-30(2,3)24-13-19(14-25(29(24)36)31(4,5)6)18-37-27-17-26(34)28(35)21-16-23-22(15-20(21)27)32(7,8)11-12-33(23,9)10/h13-17,36H,11-12,18H2,1-10H3. The minimum absolute atomic E-state index is 0.0321. The highest BCUT2D eigenvalue weighted by Crippen LogP contribution is 2.48. The maximum absolute atomic E-state index is 13.0. The number of carbonyl (C=O) groups excluding carboxylic acids is 2. The number of phenols is 1. The zero-order valence-electron chi connectivity index (χ0n) is 24.2. The van der Waals surface area contributed by atoms with Crippen LogP contribution in [0.4, 0.5) is 0 Å². The van der Waals surface area contributed by atoms with Crippen LogP contribution in [-0.4, -0.2) is 16.7 Å². The van der Waals surface area contributed by atoms with Crippen molar-refractivity contribution in [2.45, 2.75) is 110 Å². The summed E-state index contributed by atoms with van der Waals surface area (Å²) in [5.41, 5.74) is 5.53. The van der Waals surface area contributed by atoms with Crippen LogP contribution in [0, 0.1) is 0 Å². The maximum atomic E-state index is 13.0. The van der Waals surface area contributed by atoms with E-state index in [4.69, 9.17) is 4.74 Å². The van der Waals surface area contributed by atoms with Gasteiger partial charge in [-0.25, -0.2) is 0 Å². The predicted octanol–water partition coefficient (Wildman–Crippen LogP) is 7.66. The Morgan fingerprint density at radius 2 is 1.24 bits per heavy atom. The first kappa shape index (κ1) is 27.2. The van der Waals surface area contributed by atoms with Crippen molar-refractivity contribution in [3.63, 3.8) is 0 Å². The summed E-state index contributed by atoms with van der Waals surface area (Å²) in [6.45, 7) is 21.6. The van der Waals surface area contributed by atoms with Crippen molar-refractivity contribution in [1.29, 1.82) is 0 Å². The number of fused-ring (bicyclic) bond motifs is 2. The first-order valence-electron chi connectivity index (χ1n) is 13.3. The van der Waals surface area contributed by atoms with Crippen LogP contribution < -0.4 is 0 Å². The van der Waals surface area contributed by atoms with Gasteiger partial charge in [0.15, 0.2) is 0 Å². The fourth-order valence-electron chi connectivity index (χ4n) is 5.60. The summed E-state index contributed by atoms with van der Waals surface area (Å²) >= 11 is 0. The third kappa shape index (κ3) is 4.87. The lowest BCUT2D eigenvalue weighted by Gasteiger charge is -2.42. The van der Waals surface area contributed by atoms with Crippen LogP contribution in [0.15, 0.2) is 30.3 Å². The molecule has 0 atom stereocenters. The molecule has 0 radical (unpaired) electrons. The third-order valence-electron chi connectivity index (χ3n) is 8.17. The van der Waals surface area contributed by atoms with Gasteiger partial charge in [-0.2, -0.15) is 0 Å². The lowest BCUT2D eigenvalue weighted by Crippen LogP contribution is -2.35. The van der Waals surface area contributed by atoms with Crippen LogP contribution in [0.3, 0.4) is 0 Å². The molecule has 0 aromatic heterocycles. The Bertz CT molecular complexity index is 1290. The first-order valence-corrected chi connectivity index (χ1v) is 13.3. The van der Waals surface area contributed by atoms with Gasteiger partial charge in [-0.05, 0) is 86.6 Å². The van der Waals surface area contributed by atoms with Crippen LogP contribution in [0.5, 0.6) is 5.75 Å². The molecule has 37 heavy (non-hydrogen) atoms. The van der Waals surface area contributed by atoms with Crippen LogP contribution in [0.2, 0.25) is 0 Å². The smallest absolute Gasteiger partial charge is 0.233 e. The Morgan fingerprint density at radius 3 is 1.70 bits per heavy atom. The number of carbonyl (C=O) groups is 2. The Morgan fingerprint density at radius 1 is 0.784 bits per heavy atom. The topological polar surface area (TPSA) is 63.6 Å². The number of allylic oxidation sites excluding steroid dienone is 1. The van der Waals surface area contributed by atoms with E-state index in [1.165, 1.54) is 11.6 Å². The zero-order chi connectivity index (χ0) is 27.7. The molecule has 198 valence electrons. The van der Waals surface area contributed by atoms with Crippen LogP contribution in [0.25, 0.3) is 5.76 Å². The van der Waals surface area contributed by atoms with Gasteiger partial charge < -0.3 is 9.84 Å². The average Bonchev–Trinajstić information content (AvgIpc) is 2.77. The molecule has 4 heteroatoms. The zero-order valence-corrected chi connectivity index (χ0v) is 24.2. The van der Waals surface area contributed by atoms with Crippen LogP contribution >= 0.6 is 0 Å². The molecule has 0 saturated carbocycles. The van der Waals surface area contributed by atoms with Crippen molar-refractivity contribution in [3.8, 4) is 5.75 Å². The van der Waals surface area contributed by atoms with E-state index in [2.05, 4.69) is 75.3 Å². The number of ether oxygens (including phenoxy) is 1. The highest BCUT2D eigenvalue weighted by molar-refractivity contribution is 6.50.